The second-order valence-electron chi connectivity index (χ2n) is 4.91. The van der Waals surface area contributed by atoms with Crippen LogP contribution in [0.1, 0.15) is 0 Å². The van der Waals surface area contributed by atoms with Crippen LogP contribution in [-0.4, -0.2) is 58.2 Å². The van der Waals surface area contributed by atoms with Crippen molar-refractivity contribution in [2.24, 2.45) is 0 Å². The van der Waals surface area contributed by atoms with Gasteiger partial charge in [0.15, 0.2) is 13.2 Å². The summed E-state index contributed by atoms with van der Waals surface area (Å²) < 4.78 is 86.0. The average molecular weight is 335 g/mol. The Bertz CT molecular complexity index is 296. The molecule has 5 nitrogen and oxygen atoms in total. The molecule has 0 aliphatic rings. The monoisotopic (exact) mass is 335 g/mol. The first kappa shape index (κ1) is 21.9. The molecule has 0 N–H and O–H groups in total. The van der Waals surface area contributed by atoms with Crippen LogP contribution in [0.3, 0.4) is 0 Å². The van der Waals surface area contributed by atoms with Crippen molar-refractivity contribution < 1.29 is 49.3 Å². The summed E-state index contributed by atoms with van der Waals surface area (Å²) in [5, 5.41) is 0. The second kappa shape index (κ2) is 7.60. The molecule has 0 aliphatic carbocycles. The van der Waals surface area contributed by atoms with Crippen LogP contribution in [0.15, 0.2) is 0 Å². The molecule has 0 saturated carbocycles. The molecular weight excluding hydrogens is 319 g/mol. The van der Waals surface area contributed by atoms with Crippen LogP contribution in [0, 0.1) is 0 Å². The van der Waals surface area contributed by atoms with Gasteiger partial charge in [0.1, 0.15) is 0 Å². The Balaban J connectivity index is 0. The molecule has 0 aromatic heterocycles. The lowest BCUT2D eigenvalue weighted by molar-refractivity contribution is -0.849. The summed E-state index contributed by atoms with van der Waals surface area (Å²) in [5.74, 6) is 0. The molecule has 0 unspecified atom stereocenters. The number of phosphoric ester groups is 1. The lowest BCUT2D eigenvalue weighted by atomic mass is 10.7. The zero-order valence-electron chi connectivity index (χ0n) is 11.2. The van der Waals surface area contributed by atoms with Gasteiger partial charge >= 0.3 is 12.4 Å². The molecule has 0 saturated heterocycles. The first-order valence-electron chi connectivity index (χ1n) is 4.94. The van der Waals surface area contributed by atoms with E-state index in [1.165, 1.54) is 0 Å². The molecule has 0 radical (unpaired) electrons. The highest BCUT2D eigenvalue weighted by Crippen LogP contribution is 2.41. The van der Waals surface area contributed by atoms with Crippen LogP contribution in [0.25, 0.3) is 0 Å². The first-order chi connectivity index (χ1) is 8.41. The maximum Gasteiger partial charge on any atom is 0.412 e. The van der Waals surface area contributed by atoms with Gasteiger partial charge in [0, 0.05) is 0 Å². The second-order valence-corrected chi connectivity index (χ2v) is 6.32. The van der Waals surface area contributed by atoms with E-state index in [0.717, 1.165) is 4.48 Å². The smallest absolute Gasteiger partial charge is 0.412 e. The minimum atomic E-state index is -5.58. The number of alkyl halides is 6. The molecule has 0 fully saturated rings. The van der Waals surface area contributed by atoms with Crippen molar-refractivity contribution in [3.63, 3.8) is 0 Å². The van der Waals surface area contributed by atoms with Gasteiger partial charge in [0.05, 0.1) is 28.2 Å². The fourth-order valence-corrected chi connectivity index (χ4v) is 1.03. The van der Waals surface area contributed by atoms with Gasteiger partial charge in [0.25, 0.3) is 7.82 Å². The molecule has 0 aliphatic heterocycles. The number of hydrogen-bond acceptors (Lipinski definition) is 4. The maximum absolute atomic E-state index is 11.4. The Morgan fingerprint density at radius 3 is 1.25 bits per heavy atom. The predicted octanol–water partition coefficient (Wildman–Crippen LogP) is 1.93. The van der Waals surface area contributed by atoms with E-state index in [2.05, 4.69) is 37.2 Å². The fourth-order valence-electron chi connectivity index (χ4n) is 0.342. The molecule has 0 amide bonds. The third-order valence-corrected chi connectivity index (χ3v) is 1.66. The lowest BCUT2D eigenvalue weighted by Gasteiger charge is -2.23. The zero-order chi connectivity index (χ0) is 16.8. The molecule has 0 aromatic carbocycles. The van der Waals surface area contributed by atoms with Gasteiger partial charge in [-0.1, -0.05) is 0 Å². The van der Waals surface area contributed by atoms with E-state index < -0.39 is 33.4 Å². The predicted molar refractivity (Wildman–Crippen MR) is 55.6 cm³/mol. The third kappa shape index (κ3) is 26.3. The molecule has 0 rings (SSSR count). The van der Waals surface area contributed by atoms with Crippen LogP contribution < -0.4 is 4.89 Å². The van der Waals surface area contributed by atoms with Gasteiger partial charge in [-0.3, -0.25) is 4.57 Å². The summed E-state index contributed by atoms with van der Waals surface area (Å²) >= 11 is 0. The Morgan fingerprint density at radius 1 is 0.900 bits per heavy atom. The number of hydrogen-bond donors (Lipinski definition) is 0. The third-order valence-electron chi connectivity index (χ3n) is 0.773. The van der Waals surface area contributed by atoms with Crippen LogP contribution >= 0.6 is 7.82 Å². The number of halogens is 6. The normalized spacial score (nSPS) is 13.8. The van der Waals surface area contributed by atoms with Crippen molar-refractivity contribution in [1.82, 2.24) is 0 Å². The van der Waals surface area contributed by atoms with Crippen LogP contribution in [-0.2, 0) is 13.6 Å². The Kier molecular flexibility index (Phi) is 8.34. The van der Waals surface area contributed by atoms with E-state index >= 15 is 0 Å². The fraction of sp³-hybridized carbons (Fsp3) is 1.00. The van der Waals surface area contributed by atoms with E-state index in [9.17, 15) is 35.8 Å². The molecule has 0 atom stereocenters. The van der Waals surface area contributed by atoms with Crippen molar-refractivity contribution in [2.75, 3.05) is 41.4 Å². The van der Waals surface area contributed by atoms with Crippen LogP contribution in [0.4, 0.5) is 26.3 Å². The molecule has 20 heavy (non-hydrogen) atoms. The lowest BCUT2D eigenvalue weighted by Crippen LogP contribution is -2.27. The van der Waals surface area contributed by atoms with Gasteiger partial charge < -0.3 is 18.4 Å². The van der Waals surface area contributed by atoms with Crippen LogP contribution in [0.5, 0.6) is 0 Å². The summed E-state index contributed by atoms with van der Waals surface area (Å²) in [7, 11) is 2.92. The molecule has 0 heterocycles. The highest BCUT2D eigenvalue weighted by atomic mass is 31.2. The standard InChI is InChI=1S/C4H5F6O4P.C4H12N/c5-3(6,7)1-13-15(11,12)14-2-4(8,9)10;1-5(2,3)4/h1-2H2,(H,11,12);1-4H3/q;+1/p-1. The Hall–Kier alpha value is -0.350. The number of quaternary nitrogens is 1. The Labute approximate surface area is 112 Å². The molecule has 124 valence electrons. The number of nitrogens with zero attached hydrogens (tertiary/aromatic N) is 1. The summed E-state index contributed by atoms with van der Waals surface area (Å²) in [6.45, 7) is -4.46. The van der Waals surface area contributed by atoms with Crippen molar-refractivity contribution >= 4 is 7.82 Å². The van der Waals surface area contributed by atoms with E-state index in [0.29, 0.717) is 0 Å². The number of phosphoric acid groups is 1. The van der Waals surface area contributed by atoms with E-state index in [1.807, 2.05) is 0 Å². The molecule has 12 heteroatoms. The zero-order valence-corrected chi connectivity index (χ0v) is 12.1. The first-order valence-corrected chi connectivity index (χ1v) is 6.40. The summed E-state index contributed by atoms with van der Waals surface area (Å²) in [6.07, 6.45) is -9.94. The summed E-state index contributed by atoms with van der Waals surface area (Å²) in [4.78, 5) is 10.3. The van der Waals surface area contributed by atoms with Crippen molar-refractivity contribution in [3.8, 4) is 0 Å². The molecule has 0 bridgehead atoms. The highest BCUT2D eigenvalue weighted by molar-refractivity contribution is 7.45. The SMILES string of the molecule is C[N+](C)(C)C.O=P([O-])(OCC(F)(F)F)OCC(F)(F)F. The van der Waals surface area contributed by atoms with E-state index in [-0.39, 0.29) is 0 Å². The van der Waals surface area contributed by atoms with Crippen LogP contribution in [0.2, 0.25) is 0 Å². The summed E-state index contributed by atoms with van der Waals surface area (Å²) in [5.41, 5.74) is 0. The maximum atomic E-state index is 11.4. The topological polar surface area (TPSA) is 58.6 Å². The van der Waals surface area contributed by atoms with Gasteiger partial charge in [-0.2, -0.15) is 26.3 Å². The highest BCUT2D eigenvalue weighted by Gasteiger charge is 2.33. The van der Waals surface area contributed by atoms with Crippen molar-refractivity contribution in [1.29, 1.82) is 0 Å². The number of rotatable bonds is 4. The van der Waals surface area contributed by atoms with Crippen molar-refractivity contribution in [3.05, 3.63) is 0 Å². The van der Waals surface area contributed by atoms with E-state index in [1.54, 1.807) is 0 Å². The quantitative estimate of drug-likeness (QED) is 0.448. The van der Waals surface area contributed by atoms with Gasteiger partial charge in [0.2, 0.25) is 0 Å². The van der Waals surface area contributed by atoms with Gasteiger partial charge in [-0.25, -0.2) is 0 Å². The molecular formula is C8H16F6NO4P. The average Bonchev–Trinajstić information content (AvgIpc) is 2.07. The summed E-state index contributed by atoms with van der Waals surface area (Å²) in [6, 6.07) is 0. The minimum absolute atomic E-state index is 1.00. The Morgan fingerprint density at radius 2 is 1.10 bits per heavy atom. The van der Waals surface area contributed by atoms with Gasteiger partial charge in [-0.05, 0) is 0 Å². The molecule has 0 spiro atoms. The van der Waals surface area contributed by atoms with E-state index in [4.69, 9.17) is 0 Å². The molecule has 0 aromatic rings. The van der Waals surface area contributed by atoms with Gasteiger partial charge in [-0.15, -0.1) is 0 Å². The largest absolute Gasteiger partial charge is 0.756 e. The van der Waals surface area contributed by atoms with Crippen molar-refractivity contribution in [2.45, 2.75) is 12.4 Å². The minimum Gasteiger partial charge on any atom is -0.756 e.